The zero-order valence-electron chi connectivity index (χ0n) is 6.91. The number of ether oxygens (including phenoxy) is 1. The van der Waals surface area contributed by atoms with Crippen LogP contribution < -0.4 is 10.5 Å². The molecule has 0 aliphatic carbocycles. The molecule has 0 radical (unpaired) electrons. The van der Waals surface area contributed by atoms with Crippen LogP contribution in [0.1, 0.15) is 15.9 Å². The van der Waals surface area contributed by atoms with Gasteiger partial charge in [0.05, 0.1) is 17.9 Å². The Kier molecular flexibility index (Phi) is 1.62. The van der Waals surface area contributed by atoms with Crippen LogP contribution in [0.3, 0.4) is 0 Å². The molecule has 0 amide bonds. The number of hydrogen-bond acceptors (Lipinski definition) is 3. The lowest BCUT2D eigenvalue weighted by atomic mass is 10.1. The van der Waals surface area contributed by atoms with E-state index in [-0.39, 0.29) is 11.3 Å². The molecule has 1 aliphatic heterocycles. The molecule has 1 aromatic rings. The molecule has 3 N–H and O–H groups in total. The van der Waals surface area contributed by atoms with Gasteiger partial charge in [0, 0.05) is 6.42 Å². The van der Waals surface area contributed by atoms with Crippen molar-refractivity contribution in [2.45, 2.75) is 6.42 Å². The molecule has 0 bridgehead atoms. The smallest absolute Gasteiger partial charge is 0.337 e. The van der Waals surface area contributed by atoms with Crippen LogP contribution in [-0.4, -0.2) is 17.7 Å². The number of nitrogen functional groups attached to an aromatic ring is 1. The Bertz CT molecular complexity index is 373. The van der Waals surface area contributed by atoms with E-state index in [9.17, 15) is 4.79 Å². The van der Waals surface area contributed by atoms with Crippen molar-refractivity contribution in [3.8, 4) is 5.75 Å². The molecule has 13 heavy (non-hydrogen) atoms. The van der Waals surface area contributed by atoms with E-state index in [0.29, 0.717) is 12.4 Å². The molecule has 0 aromatic heterocycles. The van der Waals surface area contributed by atoms with Gasteiger partial charge in [-0.2, -0.15) is 0 Å². The highest BCUT2D eigenvalue weighted by atomic mass is 16.5. The van der Waals surface area contributed by atoms with Crippen molar-refractivity contribution < 1.29 is 14.6 Å². The van der Waals surface area contributed by atoms with Gasteiger partial charge >= 0.3 is 5.97 Å². The number of carboxylic acid groups (broad SMARTS) is 1. The summed E-state index contributed by atoms with van der Waals surface area (Å²) in [5, 5.41) is 8.76. The Balaban J connectivity index is 2.59. The average molecular weight is 179 g/mol. The van der Waals surface area contributed by atoms with E-state index in [2.05, 4.69) is 0 Å². The Hall–Kier alpha value is -1.71. The van der Waals surface area contributed by atoms with Gasteiger partial charge in [-0.15, -0.1) is 0 Å². The summed E-state index contributed by atoms with van der Waals surface area (Å²) in [6.07, 6.45) is 0.805. The number of carboxylic acids is 1. The minimum Gasteiger partial charge on any atom is -0.491 e. The minimum absolute atomic E-state index is 0.112. The highest BCUT2D eigenvalue weighted by Gasteiger charge is 2.19. The molecule has 0 atom stereocenters. The Morgan fingerprint density at radius 1 is 1.54 bits per heavy atom. The van der Waals surface area contributed by atoms with Gasteiger partial charge in [-0.1, -0.05) is 6.07 Å². The van der Waals surface area contributed by atoms with Crippen LogP contribution in [0.25, 0.3) is 0 Å². The normalized spacial score (nSPS) is 13.5. The van der Waals surface area contributed by atoms with Gasteiger partial charge in [0.1, 0.15) is 5.75 Å². The lowest BCUT2D eigenvalue weighted by Crippen LogP contribution is -2.03. The minimum atomic E-state index is -1.02. The zero-order valence-corrected chi connectivity index (χ0v) is 6.91. The van der Waals surface area contributed by atoms with Crippen LogP contribution in [0.15, 0.2) is 12.1 Å². The lowest BCUT2D eigenvalue weighted by Gasteiger charge is -2.05. The average Bonchev–Trinajstić information content (AvgIpc) is 2.52. The Morgan fingerprint density at radius 2 is 2.31 bits per heavy atom. The summed E-state index contributed by atoms with van der Waals surface area (Å²) in [5.41, 5.74) is 6.97. The second kappa shape index (κ2) is 2.65. The Labute approximate surface area is 74.9 Å². The van der Waals surface area contributed by atoms with Crippen molar-refractivity contribution in [1.82, 2.24) is 0 Å². The third-order valence-corrected chi connectivity index (χ3v) is 2.13. The number of benzene rings is 1. The number of carbonyl (C=O) groups is 1. The fourth-order valence-corrected chi connectivity index (χ4v) is 1.46. The number of hydrogen-bond donors (Lipinski definition) is 2. The summed E-state index contributed by atoms with van der Waals surface area (Å²) in [5.74, 6) is -0.476. The largest absolute Gasteiger partial charge is 0.491 e. The first kappa shape index (κ1) is 7.91. The van der Waals surface area contributed by atoms with Crippen molar-refractivity contribution in [2.24, 2.45) is 0 Å². The highest BCUT2D eigenvalue weighted by molar-refractivity contribution is 5.95. The molecular formula is C9H9NO3. The maximum atomic E-state index is 10.7. The van der Waals surface area contributed by atoms with Crippen LogP contribution >= 0.6 is 0 Å². The molecule has 1 heterocycles. The van der Waals surface area contributed by atoms with Crippen LogP contribution in [0.2, 0.25) is 0 Å². The van der Waals surface area contributed by atoms with Gasteiger partial charge in [0.15, 0.2) is 0 Å². The fourth-order valence-electron chi connectivity index (χ4n) is 1.46. The molecular weight excluding hydrogens is 170 g/mol. The Morgan fingerprint density at radius 3 is 3.00 bits per heavy atom. The third kappa shape index (κ3) is 1.11. The molecule has 1 aromatic carbocycles. The predicted molar refractivity (Wildman–Crippen MR) is 47.0 cm³/mol. The van der Waals surface area contributed by atoms with Crippen LogP contribution in [0, 0.1) is 0 Å². The summed E-state index contributed by atoms with van der Waals surface area (Å²) in [7, 11) is 0. The number of aromatic carboxylic acids is 1. The van der Waals surface area contributed by atoms with Crippen molar-refractivity contribution in [1.29, 1.82) is 0 Å². The quantitative estimate of drug-likeness (QED) is 0.628. The van der Waals surface area contributed by atoms with Crippen LogP contribution in [0.4, 0.5) is 5.69 Å². The van der Waals surface area contributed by atoms with Crippen molar-refractivity contribution in [3.63, 3.8) is 0 Å². The van der Waals surface area contributed by atoms with E-state index in [1.165, 1.54) is 6.07 Å². The molecule has 1 aliphatic rings. The predicted octanol–water partition coefficient (Wildman–Crippen LogP) is 0.902. The van der Waals surface area contributed by atoms with E-state index in [0.717, 1.165) is 12.0 Å². The molecule has 0 saturated carbocycles. The highest BCUT2D eigenvalue weighted by Crippen LogP contribution is 2.34. The second-order valence-corrected chi connectivity index (χ2v) is 2.92. The standard InChI is InChI=1S/C9H9NO3/c10-7-6(9(11)12)2-1-5-3-4-13-8(5)7/h1-2H,3-4,10H2,(H,11,12). The first-order valence-corrected chi connectivity index (χ1v) is 3.97. The maximum absolute atomic E-state index is 10.7. The topological polar surface area (TPSA) is 72.6 Å². The first-order chi connectivity index (χ1) is 6.20. The van der Waals surface area contributed by atoms with E-state index < -0.39 is 5.97 Å². The van der Waals surface area contributed by atoms with Crippen LogP contribution in [-0.2, 0) is 6.42 Å². The van der Waals surface area contributed by atoms with Crippen molar-refractivity contribution in [3.05, 3.63) is 23.3 Å². The van der Waals surface area contributed by atoms with Gasteiger partial charge in [-0.3, -0.25) is 0 Å². The van der Waals surface area contributed by atoms with E-state index in [4.69, 9.17) is 15.6 Å². The van der Waals surface area contributed by atoms with Gasteiger partial charge in [0.2, 0.25) is 0 Å². The van der Waals surface area contributed by atoms with Crippen LogP contribution in [0.5, 0.6) is 5.75 Å². The maximum Gasteiger partial charge on any atom is 0.337 e. The van der Waals surface area contributed by atoms with Crippen molar-refractivity contribution in [2.75, 3.05) is 12.3 Å². The number of rotatable bonds is 1. The summed E-state index contributed by atoms with van der Waals surface area (Å²) in [6.45, 7) is 0.586. The van der Waals surface area contributed by atoms with E-state index in [1.54, 1.807) is 6.07 Å². The summed E-state index contributed by atoms with van der Waals surface area (Å²) in [4.78, 5) is 10.7. The van der Waals surface area contributed by atoms with Gasteiger partial charge in [0.25, 0.3) is 0 Å². The summed E-state index contributed by atoms with van der Waals surface area (Å²) < 4.78 is 5.23. The summed E-state index contributed by atoms with van der Waals surface area (Å²) in [6, 6.07) is 3.27. The number of fused-ring (bicyclic) bond motifs is 1. The lowest BCUT2D eigenvalue weighted by molar-refractivity contribution is 0.0697. The van der Waals surface area contributed by atoms with E-state index >= 15 is 0 Å². The zero-order chi connectivity index (χ0) is 9.42. The molecule has 0 saturated heterocycles. The SMILES string of the molecule is Nc1c(C(=O)O)ccc2c1OCC2. The molecule has 4 heteroatoms. The first-order valence-electron chi connectivity index (χ1n) is 3.97. The molecule has 4 nitrogen and oxygen atoms in total. The molecule has 0 fully saturated rings. The van der Waals surface area contributed by atoms with Gasteiger partial charge in [-0.05, 0) is 11.6 Å². The summed E-state index contributed by atoms with van der Waals surface area (Å²) >= 11 is 0. The number of anilines is 1. The molecule has 68 valence electrons. The molecule has 2 rings (SSSR count). The molecule has 0 spiro atoms. The fraction of sp³-hybridized carbons (Fsp3) is 0.222. The van der Waals surface area contributed by atoms with Gasteiger partial charge in [-0.25, -0.2) is 4.79 Å². The third-order valence-electron chi connectivity index (χ3n) is 2.13. The monoisotopic (exact) mass is 179 g/mol. The van der Waals surface area contributed by atoms with Gasteiger partial charge < -0.3 is 15.6 Å². The molecule has 0 unspecified atom stereocenters. The second-order valence-electron chi connectivity index (χ2n) is 2.92. The van der Waals surface area contributed by atoms with Crippen molar-refractivity contribution >= 4 is 11.7 Å². The number of nitrogens with two attached hydrogens (primary N) is 1. The van der Waals surface area contributed by atoms with E-state index in [1.807, 2.05) is 0 Å².